The van der Waals surface area contributed by atoms with Gasteiger partial charge < -0.3 is 14.6 Å². The molecule has 0 unspecified atom stereocenters. The number of aromatic nitrogens is 2. The second-order valence-electron chi connectivity index (χ2n) is 7.83. The summed E-state index contributed by atoms with van der Waals surface area (Å²) in [6.45, 7) is 5.67. The van der Waals surface area contributed by atoms with E-state index in [1.807, 2.05) is 31.2 Å². The zero-order chi connectivity index (χ0) is 22.5. The monoisotopic (exact) mass is 431 g/mol. The standard InChI is InChI=1S/C26H26FN3O2/c1-18-8-9-19(2)24(16-18)32-15-5-14-30-23-7-4-3-6-22(23)29-25(30)17-28-26(31)20-10-12-21(27)13-11-20/h3-4,6-13,16H,5,14-15,17H2,1-2H3,(H,28,31). The predicted molar refractivity (Wildman–Crippen MR) is 123 cm³/mol. The first-order chi connectivity index (χ1) is 15.5. The van der Waals surface area contributed by atoms with Crippen molar-refractivity contribution in [2.75, 3.05) is 6.61 Å². The summed E-state index contributed by atoms with van der Waals surface area (Å²) in [5.41, 5.74) is 4.61. The van der Waals surface area contributed by atoms with Gasteiger partial charge in [0.05, 0.1) is 24.2 Å². The van der Waals surface area contributed by atoms with Crippen LogP contribution in [0.2, 0.25) is 0 Å². The minimum Gasteiger partial charge on any atom is -0.493 e. The molecule has 0 atom stereocenters. The fourth-order valence-corrected chi connectivity index (χ4v) is 3.64. The van der Waals surface area contributed by atoms with E-state index < -0.39 is 0 Å². The van der Waals surface area contributed by atoms with Gasteiger partial charge in [-0.15, -0.1) is 0 Å². The van der Waals surface area contributed by atoms with Gasteiger partial charge in [-0.25, -0.2) is 9.37 Å². The molecule has 0 radical (unpaired) electrons. The van der Waals surface area contributed by atoms with Gasteiger partial charge >= 0.3 is 0 Å². The van der Waals surface area contributed by atoms with Crippen molar-refractivity contribution in [3.63, 3.8) is 0 Å². The van der Waals surface area contributed by atoms with E-state index >= 15 is 0 Å². The van der Waals surface area contributed by atoms with Gasteiger partial charge in [-0.2, -0.15) is 0 Å². The molecule has 0 bridgehead atoms. The van der Waals surface area contributed by atoms with Gasteiger partial charge in [-0.05, 0) is 73.9 Å². The fraction of sp³-hybridized carbons (Fsp3) is 0.231. The quantitative estimate of drug-likeness (QED) is 0.391. The third kappa shape index (κ3) is 4.97. The molecule has 1 heterocycles. The van der Waals surface area contributed by atoms with Gasteiger partial charge in [-0.1, -0.05) is 24.3 Å². The molecule has 1 aromatic heterocycles. The Morgan fingerprint density at radius 3 is 2.66 bits per heavy atom. The molecule has 4 rings (SSSR count). The van der Waals surface area contributed by atoms with Crippen LogP contribution in [0, 0.1) is 19.7 Å². The molecule has 0 aliphatic rings. The van der Waals surface area contributed by atoms with E-state index in [0.29, 0.717) is 18.7 Å². The summed E-state index contributed by atoms with van der Waals surface area (Å²) in [6.07, 6.45) is 0.798. The Morgan fingerprint density at radius 1 is 1.06 bits per heavy atom. The van der Waals surface area contributed by atoms with Crippen molar-refractivity contribution in [1.82, 2.24) is 14.9 Å². The zero-order valence-corrected chi connectivity index (χ0v) is 18.3. The average molecular weight is 432 g/mol. The van der Waals surface area contributed by atoms with Gasteiger partial charge in [0.2, 0.25) is 0 Å². The van der Waals surface area contributed by atoms with Crippen LogP contribution in [0.25, 0.3) is 11.0 Å². The first kappa shape index (κ1) is 21.6. The van der Waals surface area contributed by atoms with Gasteiger partial charge in [0, 0.05) is 12.1 Å². The lowest BCUT2D eigenvalue weighted by atomic mass is 10.1. The minimum absolute atomic E-state index is 0.262. The summed E-state index contributed by atoms with van der Waals surface area (Å²) < 4.78 is 21.2. The molecule has 164 valence electrons. The lowest BCUT2D eigenvalue weighted by Crippen LogP contribution is -2.25. The normalized spacial score (nSPS) is 11.0. The van der Waals surface area contributed by atoms with Crippen LogP contribution in [0.5, 0.6) is 5.75 Å². The van der Waals surface area contributed by atoms with Gasteiger partial charge in [0.1, 0.15) is 17.4 Å². The number of fused-ring (bicyclic) bond motifs is 1. The molecule has 0 aliphatic heterocycles. The number of nitrogens with one attached hydrogen (secondary N) is 1. The van der Waals surface area contributed by atoms with E-state index in [1.54, 1.807) is 0 Å². The van der Waals surface area contributed by atoms with Crippen LogP contribution in [0.3, 0.4) is 0 Å². The molecule has 0 fully saturated rings. The lowest BCUT2D eigenvalue weighted by molar-refractivity contribution is 0.0949. The van der Waals surface area contributed by atoms with Crippen molar-refractivity contribution < 1.29 is 13.9 Å². The number of imidazole rings is 1. The van der Waals surface area contributed by atoms with Crippen LogP contribution in [-0.2, 0) is 13.1 Å². The molecule has 0 saturated heterocycles. The summed E-state index contributed by atoms with van der Waals surface area (Å²) in [5.74, 6) is 1.05. The molecular formula is C26H26FN3O2. The van der Waals surface area contributed by atoms with Gasteiger partial charge in [0.25, 0.3) is 5.91 Å². The van der Waals surface area contributed by atoms with Crippen LogP contribution in [-0.4, -0.2) is 22.1 Å². The smallest absolute Gasteiger partial charge is 0.251 e. The van der Waals surface area contributed by atoms with E-state index in [2.05, 4.69) is 35.0 Å². The maximum atomic E-state index is 13.1. The van der Waals surface area contributed by atoms with E-state index in [-0.39, 0.29) is 18.3 Å². The number of amides is 1. The summed E-state index contributed by atoms with van der Waals surface area (Å²) in [4.78, 5) is 17.1. The number of benzene rings is 3. The first-order valence-corrected chi connectivity index (χ1v) is 10.7. The molecule has 1 amide bonds. The van der Waals surface area contributed by atoms with E-state index in [1.165, 1.54) is 29.8 Å². The Labute approximate surface area is 186 Å². The predicted octanol–water partition coefficient (Wildman–Crippen LogP) is 5.19. The molecule has 3 aromatic carbocycles. The summed E-state index contributed by atoms with van der Waals surface area (Å²) >= 11 is 0. The molecular weight excluding hydrogens is 405 g/mol. The highest BCUT2D eigenvalue weighted by molar-refractivity contribution is 5.94. The molecule has 32 heavy (non-hydrogen) atoms. The van der Waals surface area contributed by atoms with Crippen molar-refractivity contribution >= 4 is 16.9 Å². The maximum Gasteiger partial charge on any atom is 0.251 e. The second kappa shape index (κ2) is 9.64. The number of ether oxygens (including phenoxy) is 1. The highest BCUT2D eigenvalue weighted by atomic mass is 19.1. The van der Waals surface area contributed by atoms with Crippen LogP contribution < -0.4 is 10.1 Å². The Morgan fingerprint density at radius 2 is 1.84 bits per heavy atom. The van der Waals surface area contributed by atoms with Gasteiger partial charge in [-0.3, -0.25) is 4.79 Å². The van der Waals surface area contributed by atoms with Crippen molar-refractivity contribution in [3.05, 3.63) is 95.1 Å². The lowest BCUT2D eigenvalue weighted by Gasteiger charge is -2.12. The van der Waals surface area contributed by atoms with Crippen LogP contribution >= 0.6 is 0 Å². The SMILES string of the molecule is Cc1ccc(C)c(OCCCn2c(CNC(=O)c3ccc(F)cc3)nc3ccccc32)c1. The van der Waals surface area contributed by atoms with E-state index in [9.17, 15) is 9.18 Å². The summed E-state index contributed by atoms with van der Waals surface area (Å²) in [7, 11) is 0. The van der Waals surface area contributed by atoms with Crippen LogP contribution in [0.4, 0.5) is 4.39 Å². The Balaban J connectivity index is 1.43. The highest BCUT2D eigenvalue weighted by Crippen LogP contribution is 2.20. The maximum absolute atomic E-state index is 13.1. The number of rotatable bonds is 8. The Kier molecular flexibility index (Phi) is 6.50. The minimum atomic E-state index is -0.369. The molecule has 1 N–H and O–H groups in total. The number of carbonyl (C=O) groups is 1. The second-order valence-corrected chi connectivity index (χ2v) is 7.83. The topological polar surface area (TPSA) is 56.1 Å². The Bertz CT molecular complexity index is 1230. The van der Waals surface area contributed by atoms with E-state index in [4.69, 9.17) is 9.72 Å². The molecule has 4 aromatic rings. The number of nitrogens with zero attached hydrogens (tertiary/aromatic N) is 2. The molecule has 0 saturated carbocycles. The number of hydrogen-bond acceptors (Lipinski definition) is 3. The number of aryl methyl sites for hydroxylation is 3. The van der Waals surface area contributed by atoms with Crippen LogP contribution in [0.1, 0.15) is 33.7 Å². The number of halogens is 1. The molecule has 6 heteroatoms. The zero-order valence-electron chi connectivity index (χ0n) is 18.3. The first-order valence-electron chi connectivity index (χ1n) is 10.7. The summed E-state index contributed by atoms with van der Waals surface area (Å²) in [6, 6.07) is 19.6. The molecule has 0 aliphatic carbocycles. The van der Waals surface area contributed by atoms with Crippen molar-refractivity contribution in [2.45, 2.75) is 33.4 Å². The van der Waals surface area contributed by atoms with Crippen molar-refractivity contribution in [3.8, 4) is 5.75 Å². The van der Waals surface area contributed by atoms with E-state index in [0.717, 1.165) is 34.6 Å². The largest absolute Gasteiger partial charge is 0.493 e. The number of para-hydroxylation sites is 2. The van der Waals surface area contributed by atoms with Crippen LogP contribution in [0.15, 0.2) is 66.7 Å². The third-order valence-corrected chi connectivity index (χ3v) is 5.37. The third-order valence-electron chi connectivity index (χ3n) is 5.37. The van der Waals surface area contributed by atoms with Crippen molar-refractivity contribution in [2.24, 2.45) is 0 Å². The summed E-state index contributed by atoms with van der Waals surface area (Å²) in [5, 5.41) is 2.89. The Hall–Kier alpha value is -3.67. The number of hydrogen-bond donors (Lipinski definition) is 1. The number of carbonyl (C=O) groups excluding carboxylic acids is 1. The van der Waals surface area contributed by atoms with Crippen molar-refractivity contribution in [1.29, 1.82) is 0 Å². The molecule has 0 spiro atoms. The highest BCUT2D eigenvalue weighted by Gasteiger charge is 2.13. The molecule has 5 nitrogen and oxygen atoms in total. The fourth-order valence-electron chi connectivity index (χ4n) is 3.64. The average Bonchev–Trinajstić information content (AvgIpc) is 3.15. The van der Waals surface area contributed by atoms with Gasteiger partial charge in [0.15, 0.2) is 0 Å².